The van der Waals surface area contributed by atoms with E-state index >= 15 is 0 Å². The van der Waals surface area contributed by atoms with Gasteiger partial charge in [0, 0.05) is 0 Å². The Kier molecular flexibility index (Phi) is 7.12. The summed E-state index contributed by atoms with van der Waals surface area (Å²) in [4.78, 5) is 24.2. The van der Waals surface area contributed by atoms with Crippen molar-refractivity contribution in [2.75, 3.05) is 14.2 Å². The predicted molar refractivity (Wildman–Crippen MR) is 74.6 cm³/mol. The van der Waals surface area contributed by atoms with Gasteiger partial charge in [-0.1, -0.05) is 23.3 Å². The molecule has 0 aliphatic heterocycles. The SMILES string of the molecule is COC(=O)C(CC=C(C)C)(CC=C(C)C)C(=O)OC. The van der Waals surface area contributed by atoms with E-state index in [1.165, 1.54) is 14.2 Å². The maximum atomic E-state index is 12.1. The zero-order chi connectivity index (χ0) is 15.1. The van der Waals surface area contributed by atoms with Crippen LogP contribution in [0.5, 0.6) is 0 Å². The van der Waals surface area contributed by atoms with Crippen molar-refractivity contribution in [1.29, 1.82) is 0 Å². The van der Waals surface area contributed by atoms with Gasteiger partial charge in [-0.25, -0.2) is 0 Å². The summed E-state index contributed by atoms with van der Waals surface area (Å²) in [5, 5.41) is 0. The lowest BCUT2D eigenvalue weighted by atomic mass is 9.80. The van der Waals surface area contributed by atoms with Crippen LogP contribution in [0.3, 0.4) is 0 Å². The molecule has 0 aliphatic carbocycles. The summed E-state index contributed by atoms with van der Waals surface area (Å²) in [5.41, 5.74) is 0.779. The molecule has 0 bridgehead atoms. The molecule has 0 spiro atoms. The number of hydrogen-bond donors (Lipinski definition) is 0. The van der Waals surface area contributed by atoms with E-state index in [0.717, 1.165) is 11.1 Å². The van der Waals surface area contributed by atoms with Crippen molar-refractivity contribution in [3.8, 4) is 0 Å². The molecule has 0 amide bonds. The lowest BCUT2D eigenvalue weighted by Gasteiger charge is -2.26. The van der Waals surface area contributed by atoms with Gasteiger partial charge in [0.1, 0.15) is 0 Å². The fourth-order valence-corrected chi connectivity index (χ4v) is 1.65. The normalized spacial score (nSPS) is 10.4. The van der Waals surface area contributed by atoms with Gasteiger partial charge < -0.3 is 9.47 Å². The number of allylic oxidation sites excluding steroid dienone is 4. The second-order valence-corrected chi connectivity index (χ2v) is 5.04. The highest BCUT2D eigenvalue weighted by molar-refractivity contribution is 6.00. The smallest absolute Gasteiger partial charge is 0.323 e. The third-order valence-corrected chi connectivity index (χ3v) is 2.87. The van der Waals surface area contributed by atoms with E-state index in [1.54, 1.807) is 0 Å². The van der Waals surface area contributed by atoms with E-state index in [2.05, 4.69) is 0 Å². The van der Waals surface area contributed by atoms with Crippen molar-refractivity contribution in [2.45, 2.75) is 40.5 Å². The average Bonchev–Trinajstić information content (AvgIpc) is 2.37. The molecule has 0 unspecified atom stereocenters. The number of hydrogen-bond acceptors (Lipinski definition) is 4. The molecule has 4 nitrogen and oxygen atoms in total. The molecular weight excluding hydrogens is 244 g/mol. The average molecular weight is 268 g/mol. The summed E-state index contributed by atoms with van der Waals surface area (Å²) in [6, 6.07) is 0. The first-order chi connectivity index (χ1) is 8.80. The van der Waals surface area contributed by atoms with Gasteiger partial charge in [0.05, 0.1) is 14.2 Å². The third kappa shape index (κ3) is 4.89. The monoisotopic (exact) mass is 268 g/mol. The van der Waals surface area contributed by atoms with Crippen LogP contribution < -0.4 is 0 Å². The van der Waals surface area contributed by atoms with Crippen molar-refractivity contribution < 1.29 is 19.1 Å². The molecule has 0 aromatic carbocycles. The number of carbonyl (C=O) groups excluding carboxylic acids is 2. The minimum Gasteiger partial charge on any atom is -0.468 e. The highest BCUT2D eigenvalue weighted by Crippen LogP contribution is 2.32. The Morgan fingerprint density at radius 2 is 1.16 bits per heavy atom. The Morgan fingerprint density at radius 1 is 0.842 bits per heavy atom. The molecule has 0 saturated carbocycles. The predicted octanol–water partition coefficient (Wildman–Crippen LogP) is 3.03. The molecule has 108 valence electrons. The number of carbonyl (C=O) groups is 2. The van der Waals surface area contributed by atoms with Crippen LogP contribution in [0, 0.1) is 5.41 Å². The van der Waals surface area contributed by atoms with E-state index in [9.17, 15) is 9.59 Å². The molecule has 0 aromatic heterocycles. The Bertz CT molecular complexity index is 345. The standard InChI is InChI=1S/C15H24O4/c1-11(2)7-9-15(13(16)18-5,14(17)19-6)10-8-12(3)4/h7-8H,9-10H2,1-6H3. The number of esters is 2. The van der Waals surface area contributed by atoms with Crippen molar-refractivity contribution in [1.82, 2.24) is 0 Å². The summed E-state index contributed by atoms with van der Waals surface area (Å²) in [6.07, 6.45) is 4.26. The zero-order valence-corrected chi connectivity index (χ0v) is 12.7. The molecule has 19 heavy (non-hydrogen) atoms. The highest BCUT2D eigenvalue weighted by Gasteiger charge is 2.46. The lowest BCUT2D eigenvalue weighted by Crippen LogP contribution is -2.40. The Labute approximate surface area is 115 Å². The fraction of sp³-hybridized carbons (Fsp3) is 0.600. The van der Waals surface area contributed by atoms with Crippen LogP contribution in [0.15, 0.2) is 23.3 Å². The molecule has 0 fully saturated rings. The maximum Gasteiger partial charge on any atom is 0.323 e. The van der Waals surface area contributed by atoms with Crippen LogP contribution in [0.4, 0.5) is 0 Å². The van der Waals surface area contributed by atoms with E-state index in [1.807, 2.05) is 39.8 Å². The van der Waals surface area contributed by atoms with Crippen molar-refractivity contribution >= 4 is 11.9 Å². The first kappa shape index (κ1) is 17.4. The van der Waals surface area contributed by atoms with Gasteiger partial charge in [-0.3, -0.25) is 9.59 Å². The van der Waals surface area contributed by atoms with Gasteiger partial charge in [-0.15, -0.1) is 0 Å². The van der Waals surface area contributed by atoms with Crippen LogP contribution in [-0.2, 0) is 19.1 Å². The van der Waals surface area contributed by atoms with E-state index in [4.69, 9.17) is 9.47 Å². The minimum atomic E-state index is -1.29. The third-order valence-electron chi connectivity index (χ3n) is 2.87. The summed E-state index contributed by atoms with van der Waals surface area (Å²) < 4.78 is 9.61. The molecule has 0 saturated heterocycles. The van der Waals surface area contributed by atoms with Crippen LogP contribution in [0.25, 0.3) is 0 Å². The van der Waals surface area contributed by atoms with Crippen LogP contribution in [0.1, 0.15) is 40.5 Å². The topological polar surface area (TPSA) is 52.6 Å². The molecule has 4 heteroatoms. The zero-order valence-electron chi connectivity index (χ0n) is 12.7. The number of methoxy groups -OCH3 is 2. The van der Waals surface area contributed by atoms with E-state index in [0.29, 0.717) is 0 Å². The summed E-state index contributed by atoms with van der Waals surface area (Å²) in [5.74, 6) is -1.12. The second kappa shape index (κ2) is 7.77. The second-order valence-electron chi connectivity index (χ2n) is 5.04. The summed E-state index contributed by atoms with van der Waals surface area (Å²) in [7, 11) is 2.57. The first-order valence-corrected chi connectivity index (χ1v) is 6.23. The van der Waals surface area contributed by atoms with Crippen molar-refractivity contribution in [2.24, 2.45) is 5.41 Å². The molecule has 0 rings (SSSR count). The molecule has 0 N–H and O–H groups in total. The van der Waals surface area contributed by atoms with Crippen molar-refractivity contribution in [3.05, 3.63) is 23.3 Å². The molecule has 0 heterocycles. The summed E-state index contributed by atoms with van der Waals surface area (Å²) >= 11 is 0. The number of ether oxygens (including phenoxy) is 2. The van der Waals surface area contributed by atoms with Crippen LogP contribution in [-0.4, -0.2) is 26.2 Å². The Balaban J connectivity index is 5.57. The summed E-state index contributed by atoms with van der Waals surface area (Å²) in [6.45, 7) is 7.67. The van der Waals surface area contributed by atoms with Crippen LogP contribution >= 0.6 is 0 Å². The first-order valence-electron chi connectivity index (χ1n) is 6.23. The molecular formula is C15H24O4. The minimum absolute atomic E-state index is 0.276. The lowest BCUT2D eigenvalue weighted by molar-refractivity contribution is -0.168. The van der Waals surface area contributed by atoms with Gasteiger partial charge in [0.2, 0.25) is 0 Å². The van der Waals surface area contributed by atoms with E-state index in [-0.39, 0.29) is 12.8 Å². The largest absolute Gasteiger partial charge is 0.468 e. The Hall–Kier alpha value is -1.58. The Morgan fingerprint density at radius 3 is 1.37 bits per heavy atom. The van der Waals surface area contributed by atoms with Gasteiger partial charge in [-0.2, -0.15) is 0 Å². The molecule has 0 aliphatic rings. The van der Waals surface area contributed by atoms with Gasteiger partial charge >= 0.3 is 11.9 Å². The molecule has 0 aromatic rings. The van der Waals surface area contributed by atoms with Gasteiger partial charge in [0.25, 0.3) is 0 Å². The van der Waals surface area contributed by atoms with Crippen molar-refractivity contribution in [3.63, 3.8) is 0 Å². The molecule has 0 radical (unpaired) electrons. The maximum absolute atomic E-state index is 12.1. The van der Waals surface area contributed by atoms with Gasteiger partial charge in [-0.05, 0) is 40.5 Å². The highest BCUT2D eigenvalue weighted by atomic mass is 16.5. The quantitative estimate of drug-likeness (QED) is 0.422. The molecule has 0 atom stereocenters. The fourth-order valence-electron chi connectivity index (χ4n) is 1.65. The number of rotatable bonds is 6. The van der Waals surface area contributed by atoms with Crippen LogP contribution in [0.2, 0.25) is 0 Å². The van der Waals surface area contributed by atoms with Gasteiger partial charge in [0.15, 0.2) is 5.41 Å². The van der Waals surface area contributed by atoms with E-state index < -0.39 is 17.4 Å².